The predicted octanol–water partition coefficient (Wildman–Crippen LogP) is -0.986. The van der Waals surface area contributed by atoms with Crippen molar-refractivity contribution in [3.05, 3.63) is 5.21 Å². The SMILES string of the molecule is CN[N+](=N)[O-].[NaH]. The fourth-order valence-electron chi connectivity index (χ4n) is 0. The summed E-state index contributed by atoms with van der Waals surface area (Å²) in [6.07, 6.45) is 0. The van der Waals surface area contributed by atoms with Crippen molar-refractivity contribution in [3.63, 3.8) is 0 Å². The zero-order chi connectivity index (χ0) is 4.28. The Balaban J connectivity index is 0. The average molecular weight is 99.1 g/mol. The van der Waals surface area contributed by atoms with Gasteiger partial charge in [0.05, 0.1) is 7.05 Å². The number of hydrogen-bond donors (Lipinski definition) is 2. The molecule has 4 nitrogen and oxygen atoms in total. The van der Waals surface area contributed by atoms with Gasteiger partial charge in [0.2, 0.25) is 0 Å². The van der Waals surface area contributed by atoms with Gasteiger partial charge in [0.25, 0.3) is 0 Å². The van der Waals surface area contributed by atoms with Crippen LogP contribution < -0.4 is 5.43 Å². The van der Waals surface area contributed by atoms with Crippen LogP contribution in [0.2, 0.25) is 0 Å². The third-order valence-corrected chi connectivity index (χ3v) is 0.203. The molecular formula is CH6N3NaO. The Morgan fingerprint density at radius 2 is 2.00 bits per heavy atom. The standard InChI is InChI=1S/CH5N3O.Na.H/c1-3-4(2)5;;/h1H3,(H2,2,3);;. The van der Waals surface area contributed by atoms with E-state index in [9.17, 15) is 5.21 Å². The van der Waals surface area contributed by atoms with Crippen molar-refractivity contribution >= 4 is 29.6 Å². The Hall–Kier alpha value is 0.200. The molecule has 0 aromatic heterocycles. The third-order valence-electron chi connectivity index (χ3n) is 0.203. The van der Waals surface area contributed by atoms with Gasteiger partial charge >= 0.3 is 29.6 Å². The molecule has 32 valence electrons. The molecule has 0 aliphatic heterocycles. The Labute approximate surface area is 57.9 Å². The molecule has 2 N–H and O–H groups in total. The van der Waals surface area contributed by atoms with Crippen molar-refractivity contribution in [1.29, 1.82) is 5.53 Å². The molecular weight excluding hydrogens is 93.0 g/mol. The van der Waals surface area contributed by atoms with Crippen LogP contribution in [-0.4, -0.2) is 41.6 Å². The maximum atomic E-state index is 9.28. The van der Waals surface area contributed by atoms with Crippen LogP contribution in [0, 0.1) is 10.7 Å². The zero-order valence-corrected chi connectivity index (χ0v) is 2.86. The first-order chi connectivity index (χ1) is 2.27. The van der Waals surface area contributed by atoms with Gasteiger partial charge in [0.15, 0.2) is 0 Å². The second-order valence-corrected chi connectivity index (χ2v) is 0.518. The van der Waals surface area contributed by atoms with Crippen LogP contribution in [0.4, 0.5) is 0 Å². The first-order valence-electron chi connectivity index (χ1n) is 1.13. The molecule has 0 amide bonds. The molecule has 6 heavy (non-hydrogen) atoms. The molecule has 5 heteroatoms. The molecule has 0 fully saturated rings. The van der Waals surface area contributed by atoms with E-state index in [1.807, 2.05) is 5.43 Å². The summed E-state index contributed by atoms with van der Waals surface area (Å²) in [6, 6.07) is 0. The van der Waals surface area contributed by atoms with Crippen molar-refractivity contribution in [2.24, 2.45) is 0 Å². The van der Waals surface area contributed by atoms with Gasteiger partial charge in [-0.2, -0.15) is 5.43 Å². The molecule has 0 aromatic carbocycles. The van der Waals surface area contributed by atoms with Crippen molar-refractivity contribution in [2.45, 2.75) is 0 Å². The summed E-state index contributed by atoms with van der Waals surface area (Å²) in [5.74, 6) is 0. The van der Waals surface area contributed by atoms with E-state index in [0.717, 1.165) is 0 Å². The molecule has 0 radical (unpaired) electrons. The first-order valence-corrected chi connectivity index (χ1v) is 1.13. The van der Waals surface area contributed by atoms with E-state index in [4.69, 9.17) is 5.53 Å². The summed E-state index contributed by atoms with van der Waals surface area (Å²) in [5, 5.41) is 9.28. The van der Waals surface area contributed by atoms with Gasteiger partial charge < -0.3 is 5.21 Å². The summed E-state index contributed by atoms with van der Waals surface area (Å²) < 4.78 is 0. The Morgan fingerprint density at radius 1 is 1.83 bits per heavy atom. The molecule has 0 saturated heterocycles. The van der Waals surface area contributed by atoms with E-state index < -0.39 is 0 Å². The molecule has 0 bridgehead atoms. The monoisotopic (exact) mass is 99.0 g/mol. The van der Waals surface area contributed by atoms with Crippen LogP contribution in [0.3, 0.4) is 0 Å². The van der Waals surface area contributed by atoms with Crippen LogP contribution >= 0.6 is 0 Å². The Morgan fingerprint density at radius 3 is 2.00 bits per heavy atom. The van der Waals surface area contributed by atoms with Gasteiger partial charge in [-0.05, 0) is 5.53 Å². The molecule has 0 aromatic rings. The summed E-state index contributed by atoms with van der Waals surface area (Å²) >= 11 is 0. The third kappa shape index (κ3) is 8.89. The maximum absolute atomic E-state index is 9.28. The molecule has 0 aliphatic carbocycles. The summed E-state index contributed by atoms with van der Waals surface area (Å²) in [6.45, 7) is 0. The van der Waals surface area contributed by atoms with Gasteiger partial charge in [-0.15, -0.1) is 0 Å². The van der Waals surface area contributed by atoms with Crippen molar-refractivity contribution < 1.29 is 4.97 Å². The van der Waals surface area contributed by atoms with Crippen molar-refractivity contribution in [1.82, 2.24) is 5.43 Å². The summed E-state index contributed by atoms with van der Waals surface area (Å²) in [5.41, 5.74) is 7.97. The second-order valence-electron chi connectivity index (χ2n) is 0.518. The normalized spacial score (nSPS) is 5.50. The van der Waals surface area contributed by atoms with Gasteiger partial charge in [-0.3, -0.25) is 0 Å². The molecule has 0 heterocycles. The quantitative estimate of drug-likeness (QED) is 0.192. The number of hydrogen-bond acceptors (Lipinski definition) is 2. The minimum atomic E-state index is -0.125. The molecule has 0 saturated carbocycles. The van der Waals surface area contributed by atoms with Gasteiger partial charge in [0.1, 0.15) is 0 Å². The van der Waals surface area contributed by atoms with E-state index in [2.05, 4.69) is 0 Å². The van der Waals surface area contributed by atoms with Crippen LogP contribution in [-0.2, 0) is 0 Å². The fraction of sp³-hybridized carbons (Fsp3) is 1.00. The number of nitrogens with one attached hydrogen (secondary N) is 2. The number of nitrogens with zero attached hydrogens (tertiary/aromatic N) is 1. The fourth-order valence-corrected chi connectivity index (χ4v) is 0. The summed E-state index contributed by atoms with van der Waals surface area (Å²) in [4.78, 5) is -0.125. The predicted molar refractivity (Wildman–Crippen MR) is 22.6 cm³/mol. The van der Waals surface area contributed by atoms with Gasteiger partial charge in [-0.25, -0.2) is 0 Å². The molecule has 0 rings (SSSR count). The van der Waals surface area contributed by atoms with Crippen LogP contribution in [0.25, 0.3) is 0 Å². The van der Waals surface area contributed by atoms with E-state index in [1.165, 1.54) is 7.05 Å². The van der Waals surface area contributed by atoms with Crippen LogP contribution in [0.1, 0.15) is 0 Å². The number of hydrazine groups is 1. The van der Waals surface area contributed by atoms with E-state index in [0.29, 0.717) is 0 Å². The Kier molecular flexibility index (Phi) is 8.24. The van der Waals surface area contributed by atoms with Gasteiger partial charge in [0, 0.05) is 4.97 Å². The number of rotatable bonds is 1. The minimum absolute atomic E-state index is 0. The molecule has 0 unspecified atom stereocenters. The first kappa shape index (κ1) is 9.50. The van der Waals surface area contributed by atoms with Crippen molar-refractivity contribution in [2.75, 3.05) is 7.05 Å². The zero-order valence-electron chi connectivity index (χ0n) is 2.86. The average Bonchev–Trinajstić information content (AvgIpc) is 1.38. The molecule has 0 spiro atoms. The van der Waals surface area contributed by atoms with Crippen molar-refractivity contribution in [3.8, 4) is 0 Å². The summed E-state index contributed by atoms with van der Waals surface area (Å²) in [7, 11) is 1.38. The van der Waals surface area contributed by atoms with Crippen LogP contribution in [0.5, 0.6) is 0 Å². The van der Waals surface area contributed by atoms with Crippen LogP contribution in [0.15, 0.2) is 0 Å². The molecule has 0 atom stereocenters. The van der Waals surface area contributed by atoms with E-state index in [-0.39, 0.29) is 34.5 Å². The van der Waals surface area contributed by atoms with Gasteiger partial charge in [-0.1, -0.05) is 0 Å². The van der Waals surface area contributed by atoms with E-state index in [1.54, 1.807) is 0 Å². The van der Waals surface area contributed by atoms with E-state index >= 15 is 0 Å². The second kappa shape index (κ2) is 5.20. The Bertz CT molecular complexity index is 46.1. The molecule has 0 aliphatic rings. The topological polar surface area (TPSA) is 62.0 Å².